The summed E-state index contributed by atoms with van der Waals surface area (Å²) < 4.78 is 9.90. The number of Topliss-reactive ketones (excluding diaryl/α,β-unsaturated/α-hetero) is 1. The SMILES string of the molecule is COC1=C(CCOC(=O)c2cc(Cl)c(O)cc2O)C(=O)C(NC=O)=CC1=O. The average molecular weight is 396 g/mol. The molecule has 0 atom stereocenters. The summed E-state index contributed by atoms with van der Waals surface area (Å²) in [6, 6.07) is 1.91. The van der Waals surface area contributed by atoms with Gasteiger partial charge >= 0.3 is 5.97 Å². The summed E-state index contributed by atoms with van der Waals surface area (Å²) in [7, 11) is 1.20. The van der Waals surface area contributed by atoms with E-state index < -0.39 is 29.0 Å². The monoisotopic (exact) mass is 395 g/mol. The van der Waals surface area contributed by atoms with Gasteiger partial charge < -0.3 is 25.0 Å². The topological polar surface area (TPSA) is 139 Å². The minimum atomic E-state index is -0.953. The standard InChI is InChI=1S/C17H14ClNO8/c1-26-16-8(15(24)11(19-7-20)5-14(16)23)2-3-27-17(25)9-4-10(18)13(22)6-12(9)21/h4-7,21-22H,2-3H2,1H3,(H,19,20). The Morgan fingerprint density at radius 1 is 1.26 bits per heavy atom. The lowest BCUT2D eigenvalue weighted by Gasteiger charge is -2.17. The van der Waals surface area contributed by atoms with Crippen LogP contribution in [0.4, 0.5) is 0 Å². The molecule has 0 aliphatic heterocycles. The molecular formula is C17H14ClNO8. The average Bonchev–Trinajstić information content (AvgIpc) is 2.62. The van der Waals surface area contributed by atoms with E-state index in [0.717, 1.165) is 18.2 Å². The molecule has 0 saturated heterocycles. The number of benzene rings is 1. The molecule has 1 aromatic carbocycles. The van der Waals surface area contributed by atoms with Crippen LogP contribution in [0.3, 0.4) is 0 Å². The number of carbonyl (C=O) groups is 4. The van der Waals surface area contributed by atoms with Crippen molar-refractivity contribution < 1.29 is 38.9 Å². The first-order valence-corrected chi connectivity index (χ1v) is 7.84. The number of carbonyl (C=O) groups excluding carboxylic acids is 4. The van der Waals surface area contributed by atoms with E-state index in [0.29, 0.717) is 0 Å². The zero-order valence-electron chi connectivity index (χ0n) is 13.9. The van der Waals surface area contributed by atoms with E-state index in [2.05, 4.69) is 5.32 Å². The summed E-state index contributed by atoms with van der Waals surface area (Å²) in [6.45, 7) is -0.327. The third kappa shape index (κ3) is 4.26. The molecule has 0 heterocycles. The summed E-state index contributed by atoms with van der Waals surface area (Å²) in [5.41, 5.74) is -0.580. The minimum Gasteiger partial charge on any atom is -0.507 e. The summed E-state index contributed by atoms with van der Waals surface area (Å²) in [4.78, 5) is 46.8. The molecule has 27 heavy (non-hydrogen) atoms. The largest absolute Gasteiger partial charge is 0.507 e. The Labute approximate surface area is 157 Å². The summed E-state index contributed by atoms with van der Waals surface area (Å²) in [6.07, 6.45) is 1.01. The van der Waals surface area contributed by atoms with Gasteiger partial charge in [0.1, 0.15) is 17.1 Å². The lowest BCUT2D eigenvalue weighted by Crippen LogP contribution is -2.28. The number of allylic oxidation sites excluding steroid dienone is 2. The fourth-order valence-electron chi connectivity index (χ4n) is 2.34. The second kappa shape index (κ2) is 8.37. The molecule has 0 bridgehead atoms. The van der Waals surface area contributed by atoms with Gasteiger partial charge in [-0.3, -0.25) is 14.4 Å². The molecule has 1 aliphatic rings. The van der Waals surface area contributed by atoms with Crippen molar-refractivity contribution in [3.8, 4) is 11.5 Å². The van der Waals surface area contributed by atoms with Gasteiger partial charge in [-0.05, 0) is 6.07 Å². The molecular weight excluding hydrogens is 382 g/mol. The smallest absolute Gasteiger partial charge is 0.341 e. The van der Waals surface area contributed by atoms with E-state index in [-0.39, 0.29) is 47.1 Å². The van der Waals surface area contributed by atoms with Crippen molar-refractivity contribution in [2.45, 2.75) is 6.42 Å². The third-order valence-electron chi connectivity index (χ3n) is 3.58. The number of methoxy groups -OCH3 is 1. The van der Waals surface area contributed by atoms with Gasteiger partial charge in [-0.2, -0.15) is 0 Å². The van der Waals surface area contributed by atoms with E-state index in [4.69, 9.17) is 21.1 Å². The molecule has 0 radical (unpaired) electrons. The van der Waals surface area contributed by atoms with Gasteiger partial charge in [-0.1, -0.05) is 11.6 Å². The molecule has 1 aromatic rings. The number of aromatic hydroxyl groups is 2. The molecule has 0 spiro atoms. The normalized spacial score (nSPS) is 13.9. The first kappa shape index (κ1) is 20.0. The van der Waals surface area contributed by atoms with Crippen LogP contribution in [0.25, 0.3) is 0 Å². The van der Waals surface area contributed by atoms with Crippen molar-refractivity contribution >= 4 is 35.5 Å². The third-order valence-corrected chi connectivity index (χ3v) is 3.88. The zero-order valence-corrected chi connectivity index (χ0v) is 14.7. The van der Waals surface area contributed by atoms with Crippen LogP contribution in [0.5, 0.6) is 11.5 Å². The highest BCUT2D eigenvalue weighted by atomic mass is 35.5. The molecule has 0 fully saturated rings. The zero-order chi connectivity index (χ0) is 20.1. The number of amides is 1. The van der Waals surface area contributed by atoms with E-state index >= 15 is 0 Å². The van der Waals surface area contributed by atoms with Crippen molar-refractivity contribution in [3.05, 3.63) is 45.8 Å². The number of esters is 1. The van der Waals surface area contributed by atoms with Crippen molar-refractivity contribution in [1.29, 1.82) is 0 Å². The van der Waals surface area contributed by atoms with Gasteiger partial charge in [0.2, 0.25) is 18.0 Å². The summed E-state index contributed by atoms with van der Waals surface area (Å²) in [5.74, 6) is -3.39. The lowest BCUT2D eigenvalue weighted by atomic mass is 9.96. The van der Waals surface area contributed by atoms with Crippen molar-refractivity contribution in [2.24, 2.45) is 0 Å². The minimum absolute atomic E-state index is 0.0740. The number of phenols is 2. The Morgan fingerprint density at radius 3 is 2.59 bits per heavy atom. The van der Waals surface area contributed by atoms with Crippen LogP contribution >= 0.6 is 11.6 Å². The maximum absolute atomic E-state index is 12.3. The van der Waals surface area contributed by atoms with Crippen LogP contribution in [-0.4, -0.2) is 47.9 Å². The maximum Gasteiger partial charge on any atom is 0.341 e. The number of hydrogen-bond acceptors (Lipinski definition) is 8. The molecule has 1 aliphatic carbocycles. The quantitative estimate of drug-likeness (QED) is 0.352. The maximum atomic E-state index is 12.3. The summed E-state index contributed by atoms with van der Waals surface area (Å²) >= 11 is 5.69. The van der Waals surface area contributed by atoms with Crippen LogP contribution in [0.2, 0.25) is 5.02 Å². The molecule has 9 nitrogen and oxygen atoms in total. The Balaban J connectivity index is 2.12. The second-order valence-electron chi connectivity index (χ2n) is 5.23. The van der Waals surface area contributed by atoms with Crippen LogP contribution in [0, 0.1) is 0 Å². The fourth-order valence-corrected chi connectivity index (χ4v) is 2.50. The van der Waals surface area contributed by atoms with Gasteiger partial charge in [-0.15, -0.1) is 0 Å². The Hall–Kier alpha value is -3.33. The van der Waals surface area contributed by atoms with Gasteiger partial charge in [0.05, 0.1) is 30.0 Å². The van der Waals surface area contributed by atoms with Crippen LogP contribution in [-0.2, 0) is 23.9 Å². The van der Waals surface area contributed by atoms with E-state index in [1.54, 1.807) is 0 Å². The first-order chi connectivity index (χ1) is 12.8. The highest BCUT2D eigenvalue weighted by molar-refractivity contribution is 6.32. The fraction of sp³-hybridized carbons (Fsp3) is 0.176. The van der Waals surface area contributed by atoms with E-state index in [9.17, 15) is 29.4 Å². The van der Waals surface area contributed by atoms with Gasteiger partial charge in [0, 0.05) is 18.6 Å². The predicted octanol–water partition coefficient (Wildman–Crippen LogP) is 0.980. The Bertz CT molecular complexity index is 887. The number of halogens is 1. The van der Waals surface area contributed by atoms with E-state index in [1.807, 2.05) is 0 Å². The van der Waals surface area contributed by atoms with Gasteiger partial charge in [0.25, 0.3) is 0 Å². The molecule has 1 amide bonds. The van der Waals surface area contributed by atoms with Gasteiger partial charge in [0.15, 0.2) is 5.76 Å². The molecule has 0 aromatic heterocycles. The van der Waals surface area contributed by atoms with Crippen molar-refractivity contribution in [1.82, 2.24) is 5.32 Å². The highest BCUT2D eigenvalue weighted by Crippen LogP contribution is 2.31. The molecule has 142 valence electrons. The number of ketones is 2. The van der Waals surface area contributed by atoms with Crippen molar-refractivity contribution in [2.75, 3.05) is 13.7 Å². The molecule has 0 unspecified atom stereocenters. The van der Waals surface area contributed by atoms with Crippen LogP contribution < -0.4 is 5.32 Å². The number of rotatable bonds is 7. The highest BCUT2D eigenvalue weighted by Gasteiger charge is 2.29. The number of nitrogens with one attached hydrogen (secondary N) is 1. The molecule has 2 rings (SSSR count). The first-order valence-electron chi connectivity index (χ1n) is 7.46. The predicted molar refractivity (Wildman–Crippen MR) is 91.0 cm³/mol. The summed E-state index contributed by atoms with van der Waals surface area (Å²) in [5, 5.41) is 21.0. The number of hydrogen-bond donors (Lipinski definition) is 3. The van der Waals surface area contributed by atoms with Crippen molar-refractivity contribution in [3.63, 3.8) is 0 Å². The molecule has 10 heteroatoms. The van der Waals surface area contributed by atoms with E-state index in [1.165, 1.54) is 7.11 Å². The van der Waals surface area contributed by atoms with Gasteiger partial charge in [-0.25, -0.2) is 4.79 Å². The van der Waals surface area contributed by atoms with Crippen LogP contribution in [0.15, 0.2) is 35.2 Å². The number of phenolic OH excluding ortho intramolecular Hbond substituents is 2. The molecule has 3 N–H and O–H groups in total. The lowest BCUT2D eigenvalue weighted by molar-refractivity contribution is -0.119. The number of ether oxygens (including phenoxy) is 2. The Kier molecular flexibility index (Phi) is 6.19. The second-order valence-corrected chi connectivity index (χ2v) is 5.64. The van der Waals surface area contributed by atoms with Crippen LogP contribution in [0.1, 0.15) is 16.8 Å². The Morgan fingerprint density at radius 2 is 1.96 bits per heavy atom. The molecule has 0 saturated carbocycles.